The predicted octanol–water partition coefficient (Wildman–Crippen LogP) is 5.00. The summed E-state index contributed by atoms with van der Waals surface area (Å²) in [5.41, 5.74) is 4.13. The van der Waals surface area contributed by atoms with Gasteiger partial charge in [-0.1, -0.05) is 62.4 Å². The van der Waals surface area contributed by atoms with E-state index in [1.54, 1.807) is 38.1 Å². The van der Waals surface area contributed by atoms with Gasteiger partial charge in [-0.2, -0.15) is 0 Å². The molecule has 0 unspecified atom stereocenters. The zero-order valence-electron chi connectivity index (χ0n) is 20.2. The molecular weight excluding hydrogens is 438 g/mol. The number of imide groups is 1. The largest absolute Gasteiger partial charge is 0.459 e. The highest BCUT2D eigenvalue weighted by Crippen LogP contribution is 2.66. The SMILES string of the molecule is CC(C)OC(=O)c1ccc(N2C(=O)[C@@H]3[C@@H](C2=O)C2(C)c4ccccc4C3(C)c3ccccc32)cc1. The maximum atomic E-state index is 14.1. The molecule has 3 aromatic carbocycles. The van der Waals surface area contributed by atoms with Gasteiger partial charge in [-0.05, 0) is 60.4 Å². The molecule has 2 amide bonds. The maximum Gasteiger partial charge on any atom is 0.338 e. The zero-order chi connectivity index (χ0) is 24.7. The monoisotopic (exact) mass is 465 g/mol. The number of anilines is 1. The van der Waals surface area contributed by atoms with Crippen LogP contribution in [0.1, 0.15) is 60.3 Å². The van der Waals surface area contributed by atoms with E-state index in [1.165, 1.54) is 4.90 Å². The molecule has 3 aromatic rings. The molecule has 1 aliphatic heterocycles. The lowest BCUT2D eigenvalue weighted by molar-refractivity contribution is -0.124. The van der Waals surface area contributed by atoms with Crippen LogP contribution in [0.5, 0.6) is 0 Å². The Morgan fingerprint density at radius 1 is 0.743 bits per heavy atom. The Labute approximate surface area is 204 Å². The van der Waals surface area contributed by atoms with Crippen molar-refractivity contribution in [2.75, 3.05) is 4.90 Å². The van der Waals surface area contributed by atoms with Crippen molar-refractivity contribution in [2.24, 2.45) is 11.8 Å². The van der Waals surface area contributed by atoms with Gasteiger partial charge in [-0.25, -0.2) is 9.69 Å². The van der Waals surface area contributed by atoms with Crippen LogP contribution < -0.4 is 4.90 Å². The highest BCUT2D eigenvalue weighted by atomic mass is 16.5. The quantitative estimate of drug-likeness (QED) is 0.404. The summed E-state index contributed by atoms with van der Waals surface area (Å²) in [6.45, 7) is 7.81. The lowest BCUT2D eigenvalue weighted by Gasteiger charge is -2.57. The van der Waals surface area contributed by atoms with Crippen molar-refractivity contribution in [1.82, 2.24) is 0 Å². The molecule has 7 rings (SSSR count). The Balaban J connectivity index is 1.49. The third kappa shape index (κ3) is 2.61. The molecule has 0 N–H and O–H groups in total. The smallest absolute Gasteiger partial charge is 0.338 e. The van der Waals surface area contributed by atoms with Crippen LogP contribution >= 0.6 is 0 Å². The van der Waals surface area contributed by atoms with Crippen LogP contribution in [0.25, 0.3) is 0 Å². The number of carbonyl (C=O) groups is 3. The number of hydrogen-bond acceptors (Lipinski definition) is 4. The van der Waals surface area contributed by atoms with Crippen LogP contribution in [0.3, 0.4) is 0 Å². The summed E-state index contributed by atoms with van der Waals surface area (Å²) in [5, 5.41) is 0. The van der Waals surface area contributed by atoms with E-state index < -0.39 is 28.6 Å². The first-order valence-corrected chi connectivity index (χ1v) is 12.1. The van der Waals surface area contributed by atoms with E-state index in [0.717, 1.165) is 22.3 Å². The molecule has 1 saturated heterocycles. The molecule has 1 fully saturated rings. The number of rotatable bonds is 3. The molecule has 0 saturated carbocycles. The lowest BCUT2D eigenvalue weighted by atomic mass is 9.42. The number of amides is 2. The van der Waals surface area contributed by atoms with Crippen LogP contribution in [-0.2, 0) is 25.2 Å². The van der Waals surface area contributed by atoms with E-state index in [9.17, 15) is 14.4 Å². The first kappa shape index (κ1) is 21.8. The molecule has 2 atom stereocenters. The molecule has 2 bridgehead atoms. The number of nitrogens with zero attached hydrogens (tertiary/aromatic N) is 1. The van der Waals surface area contributed by atoms with Gasteiger partial charge in [-0.3, -0.25) is 9.59 Å². The topological polar surface area (TPSA) is 63.7 Å². The van der Waals surface area contributed by atoms with Gasteiger partial charge in [0, 0.05) is 10.8 Å². The summed E-state index contributed by atoms with van der Waals surface area (Å²) in [7, 11) is 0. The van der Waals surface area contributed by atoms with Crippen molar-refractivity contribution in [3.05, 3.63) is 101 Å². The Hall–Kier alpha value is -3.73. The number of ether oxygens (including phenoxy) is 1. The number of esters is 1. The molecule has 176 valence electrons. The number of hydrogen-bond donors (Lipinski definition) is 0. The third-order valence-electron chi connectivity index (χ3n) is 8.35. The van der Waals surface area contributed by atoms with Gasteiger partial charge in [0.25, 0.3) is 0 Å². The Morgan fingerprint density at radius 3 is 1.51 bits per heavy atom. The average molecular weight is 466 g/mol. The predicted molar refractivity (Wildman–Crippen MR) is 132 cm³/mol. The highest BCUT2D eigenvalue weighted by Gasteiger charge is 2.70. The summed E-state index contributed by atoms with van der Waals surface area (Å²) in [6.07, 6.45) is -0.229. The molecule has 5 nitrogen and oxygen atoms in total. The van der Waals surface area contributed by atoms with Crippen molar-refractivity contribution in [2.45, 2.75) is 44.6 Å². The van der Waals surface area contributed by atoms with E-state index in [2.05, 4.69) is 38.1 Å². The van der Waals surface area contributed by atoms with Gasteiger partial charge in [0.05, 0.1) is 29.2 Å². The summed E-state index contributed by atoms with van der Waals surface area (Å²) in [4.78, 5) is 41.8. The second kappa shape index (κ2) is 7.14. The fraction of sp³-hybridized carbons (Fsp3) is 0.300. The van der Waals surface area contributed by atoms with Gasteiger partial charge in [0.1, 0.15) is 0 Å². The van der Waals surface area contributed by atoms with Crippen LogP contribution in [0.15, 0.2) is 72.8 Å². The molecule has 0 radical (unpaired) electrons. The minimum atomic E-state index is -0.613. The fourth-order valence-electron chi connectivity index (χ4n) is 6.85. The lowest BCUT2D eigenvalue weighted by Crippen LogP contribution is -2.59. The standard InChI is InChI=1S/C30H27NO4/c1-17(2)35-28(34)18-13-15-19(16-14-18)31-26(32)24-25(27(31)33)30(4)22-11-7-5-9-20(22)29(24,3)21-10-6-8-12-23(21)30/h5-17,24-25H,1-4H3/t24-,25-,29?,30?/m0/s1. The first-order chi connectivity index (χ1) is 16.7. The Morgan fingerprint density at radius 2 is 1.14 bits per heavy atom. The molecule has 5 heteroatoms. The molecular formula is C30H27NO4. The fourth-order valence-corrected chi connectivity index (χ4v) is 6.85. The van der Waals surface area contributed by atoms with Gasteiger partial charge in [0.15, 0.2) is 0 Å². The van der Waals surface area contributed by atoms with Crippen molar-refractivity contribution in [3.63, 3.8) is 0 Å². The van der Waals surface area contributed by atoms with Gasteiger partial charge < -0.3 is 4.74 Å². The van der Waals surface area contributed by atoms with Gasteiger partial charge >= 0.3 is 5.97 Å². The summed E-state index contributed by atoms with van der Waals surface area (Å²) >= 11 is 0. The van der Waals surface area contributed by atoms with Crippen LogP contribution in [-0.4, -0.2) is 23.9 Å². The van der Waals surface area contributed by atoms with Crippen LogP contribution in [0, 0.1) is 11.8 Å². The second-order valence-electron chi connectivity index (χ2n) is 10.5. The highest BCUT2D eigenvalue weighted by molar-refractivity contribution is 6.24. The van der Waals surface area contributed by atoms with E-state index >= 15 is 0 Å². The minimum Gasteiger partial charge on any atom is -0.459 e. The zero-order valence-corrected chi connectivity index (χ0v) is 20.2. The van der Waals surface area contributed by atoms with Gasteiger partial charge in [-0.15, -0.1) is 0 Å². The molecule has 0 spiro atoms. The molecule has 3 aliphatic carbocycles. The van der Waals surface area contributed by atoms with E-state index in [1.807, 2.05) is 24.3 Å². The number of carbonyl (C=O) groups excluding carboxylic acids is 3. The second-order valence-corrected chi connectivity index (χ2v) is 10.5. The van der Waals surface area contributed by atoms with E-state index in [0.29, 0.717) is 11.3 Å². The Kier molecular flexibility index (Phi) is 4.44. The van der Waals surface area contributed by atoms with Crippen LogP contribution in [0.4, 0.5) is 5.69 Å². The summed E-state index contributed by atoms with van der Waals surface area (Å²) in [5.74, 6) is -1.81. The summed E-state index contributed by atoms with van der Waals surface area (Å²) < 4.78 is 5.27. The van der Waals surface area contributed by atoms with Crippen molar-refractivity contribution < 1.29 is 19.1 Å². The molecule has 4 aliphatic rings. The first-order valence-electron chi connectivity index (χ1n) is 12.1. The van der Waals surface area contributed by atoms with Crippen LogP contribution in [0.2, 0.25) is 0 Å². The third-order valence-corrected chi connectivity index (χ3v) is 8.35. The molecule has 35 heavy (non-hydrogen) atoms. The average Bonchev–Trinajstić information content (AvgIpc) is 3.13. The minimum absolute atomic E-state index is 0.185. The normalized spacial score (nSPS) is 28.1. The molecule has 1 heterocycles. The Bertz CT molecular complexity index is 1280. The molecule has 0 aromatic heterocycles. The number of benzene rings is 3. The van der Waals surface area contributed by atoms with Crippen molar-refractivity contribution in [1.29, 1.82) is 0 Å². The van der Waals surface area contributed by atoms with Crippen molar-refractivity contribution in [3.8, 4) is 0 Å². The maximum absolute atomic E-state index is 14.1. The van der Waals surface area contributed by atoms with Crippen molar-refractivity contribution >= 4 is 23.5 Å². The van der Waals surface area contributed by atoms with E-state index in [-0.39, 0.29) is 17.9 Å². The van der Waals surface area contributed by atoms with Gasteiger partial charge in [0.2, 0.25) is 11.8 Å². The van der Waals surface area contributed by atoms with E-state index in [4.69, 9.17) is 4.74 Å². The summed E-state index contributed by atoms with van der Waals surface area (Å²) in [6, 6.07) is 23.0.